The Hall–Kier alpha value is -1.93. The Morgan fingerprint density at radius 3 is 2.83 bits per heavy atom. The number of hydrogen-bond acceptors (Lipinski definition) is 7. The Labute approximate surface area is 104 Å². The summed E-state index contributed by atoms with van der Waals surface area (Å²) in [6.45, 7) is 0.491. The van der Waals surface area contributed by atoms with Gasteiger partial charge >= 0.3 is 5.69 Å². The van der Waals surface area contributed by atoms with Crippen LogP contribution in [0.1, 0.15) is 0 Å². The average Bonchev–Trinajstić information content (AvgIpc) is 2.28. The maximum atomic E-state index is 10.6. The summed E-state index contributed by atoms with van der Waals surface area (Å²) in [6, 6.07) is 2.77. The number of nitrogen functional groups attached to an aromatic ring is 1. The maximum absolute atomic E-state index is 10.6. The number of aliphatic hydroxyl groups excluding tert-OH is 1. The van der Waals surface area contributed by atoms with E-state index in [9.17, 15) is 15.2 Å². The van der Waals surface area contributed by atoms with Gasteiger partial charge in [-0.25, -0.2) is 4.98 Å². The quantitative estimate of drug-likeness (QED) is 0.544. The van der Waals surface area contributed by atoms with Crippen molar-refractivity contribution in [2.45, 2.75) is 6.10 Å². The summed E-state index contributed by atoms with van der Waals surface area (Å²) in [5.74, 6) is 0.304. The first kappa shape index (κ1) is 14.1. The van der Waals surface area contributed by atoms with E-state index in [1.807, 2.05) is 0 Å². The molecule has 0 fully saturated rings. The van der Waals surface area contributed by atoms with Crippen LogP contribution in [0.4, 0.5) is 17.3 Å². The summed E-state index contributed by atoms with van der Waals surface area (Å²) < 4.78 is 4.80. The van der Waals surface area contributed by atoms with Gasteiger partial charge in [0.25, 0.3) is 0 Å². The topological polar surface area (TPSA) is 115 Å². The zero-order valence-electron chi connectivity index (χ0n) is 10.2. The van der Waals surface area contributed by atoms with Gasteiger partial charge in [-0.1, -0.05) is 0 Å². The Kier molecular flexibility index (Phi) is 4.81. The minimum Gasteiger partial charge on any atom is -0.389 e. The van der Waals surface area contributed by atoms with Crippen LogP contribution in [0.5, 0.6) is 0 Å². The second-order valence-corrected chi connectivity index (χ2v) is 3.82. The lowest BCUT2D eigenvalue weighted by molar-refractivity contribution is -0.384. The van der Waals surface area contributed by atoms with Gasteiger partial charge in [-0.2, -0.15) is 0 Å². The van der Waals surface area contributed by atoms with Crippen LogP contribution in [0, 0.1) is 10.1 Å². The second kappa shape index (κ2) is 6.12. The van der Waals surface area contributed by atoms with Gasteiger partial charge in [0.15, 0.2) is 0 Å². The molecule has 0 saturated carbocycles. The number of anilines is 2. The lowest BCUT2D eigenvalue weighted by Gasteiger charge is -2.21. The van der Waals surface area contributed by atoms with Crippen molar-refractivity contribution in [3.8, 4) is 0 Å². The number of methoxy groups -OCH3 is 1. The zero-order chi connectivity index (χ0) is 13.7. The smallest absolute Gasteiger partial charge is 0.311 e. The molecule has 8 nitrogen and oxygen atoms in total. The number of aromatic nitrogens is 1. The second-order valence-electron chi connectivity index (χ2n) is 3.82. The summed E-state index contributed by atoms with van der Waals surface area (Å²) >= 11 is 0. The molecular formula is C10H16N4O4. The molecule has 0 saturated heterocycles. The third-order valence-electron chi connectivity index (χ3n) is 2.32. The standard InChI is InChI=1S/C10H16N4O4/c1-13(5-7(15)6-18-2)9-4-3-8(14(16)17)10(11)12-9/h3-4,7,15H,5-6H2,1-2H3,(H2,11,12). The van der Waals surface area contributed by atoms with Crippen LogP contribution in [0.15, 0.2) is 12.1 Å². The van der Waals surface area contributed by atoms with E-state index in [1.165, 1.54) is 19.2 Å². The zero-order valence-corrected chi connectivity index (χ0v) is 10.2. The fourth-order valence-corrected chi connectivity index (χ4v) is 1.48. The Morgan fingerprint density at radius 2 is 2.33 bits per heavy atom. The monoisotopic (exact) mass is 256 g/mol. The third kappa shape index (κ3) is 3.54. The highest BCUT2D eigenvalue weighted by molar-refractivity contribution is 5.57. The minimum atomic E-state index is -0.668. The van der Waals surface area contributed by atoms with Crippen LogP contribution in [0.2, 0.25) is 0 Å². The van der Waals surface area contributed by atoms with Crippen molar-refractivity contribution in [3.63, 3.8) is 0 Å². The molecule has 1 rings (SSSR count). The first-order valence-corrected chi connectivity index (χ1v) is 5.24. The number of nitrogens with zero attached hydrogens (tertiary/aromatic N) is 3. The van der Waals surface area contributed by atoms with E-state index in [0.29, 0.717) is 5.82 Å². The van der Waals surface area contributed by atoms with Gasteiger partial charge in [0.05, 0.1) is 17.6 Å². The molecule has 1 atom stereocenters. The molecule has 0 aliphatic rings. The lowest BCUT2D eigenvalue weighted by atomic mass is 10.3. The molecule has 1 aromatic heterocycles. The van der Waals surface area contributed by atoms with Crippen LogP contribution < -0.4 is 10.6 Å². The molecule has 1 aromatic rings. The number of nitro groups is 1. The van der Waals surface area contributed by atoms with E-state index in [1.54, 1.807) is 11.9 Å². The maximum Gasteiger partial charge on any atom is 0.311 e. The fourth-order valence-electron chi connectivity index (χ4n) is 1.48. The van der Waals surface area contributed by atoms with Crippen molar-refractivity contribution in [2.24, 2.45) is 0 Å². The number of hydrogen-bond donors (Lipinski definition) is 2. The molecule has 0 radical (unpaired) electrons. The number of aliphatic hydroxyl groups is 1. The van der Waals surface area contributed by atoms with E-state index in [-0.39, 0.29) is 24.7 Å². The SMILES string of the molecule is COCC(O)CN(C)c1ccc([N+](=O)[O-])c(N)n1. The first-order valence-electron chi connectivity index (χ1n) is 5.24. The van der Waals surface area contributed by atoms with Gasteiger partial charge in [-0.3, -0.25) is 10.1 Å². The average molecular weight is 256 g/mol. The van der Waals surface area contributed by atoms with Crippen molar-refractivity contribution < 1.29 is 14.8 Å². The van der Waals surface area contributed by atoms with Gasteiger partial charge in [0, 0.05) is 26.8 Å². The molecule has 0 aliphatic carbocycles. The Morgan fingerprint density at radius 1 is 1.67 bits per heavy atom. The van der Waals surface area contributed by atoms with Crippen molar-refractivity contribution in [1.29, 1.82) is 0 Å². The lowest BCUT2D eigenvalue weighted by Crippen LogP contribution is -2.32. The van der Waals surface area contributed by atoms with Crippen LogP contribution >= 0.6 is 0 Å². The molecule has 0 aromatic carbocycles. The largest absolute Gasteiger partial charge is 0.389 e. The van der Waals surface area contributed by atoms with Crippen LogP contribution in [-0.2, 0) is 4.74 Å². The molecule has 0 amide bonds. The molecule has 1 heterocycles. The van der Waals surface area contributed by atoms with Crippen LogP contribution in [0.3, 0.4) is 0 Å². The van der Waals surface area contributed by atoms with Gasteiger partial charge in [-0.05, 0) is 6.07 Å². The Balaban J connectivity index is 2.78. The van der Waals surface area contributed by atoms with Gasteiger partial charge < -0.3 is 20.5 Å². The minimum absolute atomic E-state index is 0.148. The number of pyridine rings is 1. The van der Waals surface area contributed by atoms with Gasteiger partial charge in [0.1, 0.15) is 5.82 Å². The van der Waals surface area contributed by atoms with Gasteiger partial charge in [-0.15, -0.1) is 0 Å². The highest BCUT2D eigenvalue weighted by Crippen LogP contribution is 2.22. The predicted molar refractivity (Wildman–Crippen MR) is 66.5 cm³/mol. The third-order valence-corrected chi connectivity index (χ3v) is 2.32. The van der Waals surface area contributed by atoms with Crippen molar-refractivity contribution in [3.05, 3.63) is 22.2 Å². The number of ether oxygens (including phenoxy) is 1. The summed E-state index contributed by atoms with van der Waals surface area (Å²) in [5, 5.41) is 20.1. The van der Waals surface area contributed by atoms with Crippen LogP contribution in [0.25, 0.3) is 0 Å². The molecule has 18 heavy (non-hydrogen) atoms. The normalized spacial score (nSPS) is 12.2. The number of nitrogens with two attached hydrogens (primary N) is 1. The van der Waals surface area contributed by atoms with E-state index in [4.69, 9.17) is 10.5 Å². The van der Waals surface area contributed by atoms with Crippen LogP contribution in [-0.4, -0.2) is 48.4 Å². The molecular weight excluding hydrogens is 240 g/mol. The van der Waals surface area contributed by atoms with E-state index >= 15 is 0 Å². The summed E-state index contributed by atoms with van der Waals surface area (Å²) in [6.07, 6.45) is -0.668. The summed E-state index contributed by atoms with van der Waals surface area (Å²) in [4.78, 5) is 15.6. The highest BCUT2D eigenvalue weighted by atomic mass is 16.6. The molecule has 1 unspecified atom stereocenters. The molecule has 0 aliphatic heterocycles. The number of rotatable bonds is 6. The molecule has 0 bridgehead atoms. The first-order chi connectivity index (χ1) is 8.45. The van der Waals surface area contributed by atoms with Crippen molar-refractivity contribution in [1.82, 2.24) is 4.98 Å². The van der Waals surface area contributed by atoms with Crippen molar-refractivity contribution in [2.75, 3.05) is 37.9 Å². The summed E-state index contributed by atoms with van der Waals surface area (Å²) in [5.41, 5.74) is 5.25. The van der Waals surface area contributed by atoms with E-state index < -0.39 is 11.0 Å². The summed E-state index contributed by atoms with van der Waals surface area (Å²) in [7, 11) is 3.19. The van der Waals surface area contributed by atoms with E-state index in [0.717, 1.165) is 0 Å². The Bertz CT molecular complexity index is 426. The molecule has 0 spiro atoms. The van der Waals surface area contributed by atoms with Gasteiger partial charge in [0.2, 0.25) is 5.82 Å². The fraction of sp³-hybridized carbons (Fsp3) is 0.500. The van der Waals surface area contributed by atoms with E-state index in [2.05, 4.69) is 4.98 Å². The molecule has 8 heteroatoms. The predicted octanol–water partition coefficient (Wildman–Crippen LogP) is 0.0155. The highest BCUT2D eigenvalue weighted by Gasteiger charge is 2.15. The molecule has 3 N–H and O–H groups in total. The molecule has 100 valence electrons. The van der Waals surface area contributed by atoms with Crippen molar-refractivity contribution >= 4 is 17.3 Å². The number of likely N-dealkylation sites (N-methyl/N-ethyl adjacent to an activating group) is 1.